The molecule has 1 heterocycles. The highest BCUT2D eigenvalue weighted by Gasteiger charge is 2.12. The first-order valence-corrected chi connectivity index (χ1v) is 7.92. The predicted octanol–water partition coefficient (Wildman–Crippen LogP) is 3.89. The first-order valence-electron chi connectivity index (χ1n) is 7.11. The van der Waals surface area contributed by atoms with Crippen LogP contribution in [-0.4, -0.2) is 25.7 Å². The molecule has 1 unspecified atom stereocenters. The van der Waals surface area contributed by atoms with E-state index in [1.807, 2.05) is 24.4 Å². The smallest absolute Gasteiger partial charge is 0.161 e. The highest BCUT2D eigenvalue weighted by atomic mass is 32.1. The van der Waals surface area contributed by atoms with Gasteiger partial charge in [-0.25, -0.2) is 4.98 Å². The molecule has 114 valence electrons. The van der Waals surface area contributed by atoms with E-state index in [-0.39, 0.29) is 0 Å². The minimum absolute atomic E-state index is 0.330. The van der Waals surface area contributed by atoms with Crippen molar-refractivity contribution in [3.05, 3.63) is 29.3 Å². The Morgan fingerprint density at radius 2 is 2.00 bits per heavy atom. The maximum Gasteiger partial charge on any atom is 0.161 e. The summed E-state index contributed by atoms with van der Waals surface area (Å²) in [5.41, 5.74) is 1.05. The summed E-state index contributed by atoms with van der Waals surface area (Å²) in [5.74, 6) is 1.46. The molecule has 0 fully saturated rings. The largest absolute Gasteiger partial charge is 0.493 e. The predicted molar refractivity (Wildman–Crippen MR) is 87.4 cm³/mol. The molecule has 0 aliphatic heterocycles. The van der Waals surface area contributed by atoms with Crippen LogP contribution < -0.4 is 14.8 Å². The Hall–Kier alpha value is -1.59. The Morgan fingerprint density at radius 1 is 1.24 bits per heavy atom. The van der Waals surface area contributed by atoms with Gasteiger partial charge in [0.05, 0.1) is 14.2 Å². The zero-order valence-corrected chi connectivity index (χ0v) is 13.8. The van der Waals surface area contributed by atoms with Crippen molar-refractivity contribution in [2.75, 3.05) is 20.8 Å². The van der Waals surface area contributed by atoms with E-state index in [1.165, 1.54) is 4.88 Å². The topological polar surface area (TPSA) is 43.4 Å². The molecule has 0 amide bonds. The minimum Gasteiger partial charge on any atom is -0.493 e. The number of rotatable bonds is 7. The van der Waals surface area contributed by atoms with Crippen LogP contribution in [0, 0.1) is 0 Å². The normalized spacial score (nSPS) is 12.2. The maximum atomic E-state index is 5.35. The number of hydrogen-bond acceptors (Lipinski definition) is 5. The number of nitrogens with zero attached hydrogens (tertiary/aromatic N) is 1. The second-order valence-corrected chi connectivity index (χ2v) is 5.88. The average molecular weight is 306 g/mol. The van der Waals surface area contributed by atoms with E-state index >= 15 is 0 Å². The first kappa shape index (κ1) is 15.8. The number of aromatic nitrogens is 1. The molecule has 4 nitrogen and oxygen atoms in total. The Kier molecular flexibility index (Phi) is 5.59. The van der Waals surface area contributed by atoms with Crippen molar-refractivity contribution in [2.45, 2.75) is 26.3 Å². The molecule has 2 aromatic rings. The Bertz CT molecular complexity index is 583. The van der Waals surface area contributed by atoms with Crippen LogP contribution in [0.3, 0.4) is 0 Å². The number of ether oxygens (including phenoxy) is 2. The lowest BCUT2D eigenvalue weighted by molar-refractivity contribution is 0.355. The van der Waals surface area contributed by atoms with Crippen LogP contribution in [0.15, 0.2) is 24.4 Å². The molecule has 21 heavy (non-hydrogen) atoms. The molecule has 1 aromatic heterocycles. The fourth-order valence-corrected chi connectivity index (χ4v) is 2.99. The lowest BCUT2D eigenvalue weighted by Gasteiger charge is -2.10. The van der Waals surface area contributed by atoms with Crippen LogP contribution in [0.1, 0.15) is 31.2 Å². The summed E-state index contributed by atoms with van der Waals surface area (Å²) < 4.78 is 10.6. The first-order chi connectivity index (χ1) is 10.2. The molecule has 2 rings (SSSR count). The zero-order chi connectivity index (χ0) is 15.2. The second-order valence-electron chi connectivity index (χ2n) is 4.81. The van der Waals surface area contributed by atoms with Gasteiger partial charge in [0.1, 0.15) is 5.01 Å². The fraction of sp³-hybridized carbons (Fsp3) is 0.438. The SMILES string of the molecule is CCCNC(C)c1cnc(-c2ccc(OC)c(OC)c2)s1. The van der Waals surface area contributed by atoms with Crippen molar-refractivity contribution < 1.29 is 9.47 Å². The molecule has 0 aliphatic carbocycles. The third-order valence-electron chi connectivity index (χ3n) is 3.28. The van der Waals surface area contributed by atoms with E-state index in [9.17, 15) is 0 Å². The highest BCUT2D eigenvalue weighted by Crippen LogP contribution is 2.35. The van der Waals surface area contributed by atoms with Gasteiger partial charge >= 0.3 is 0 Å². The summed E-state index contributed by atoms with van der Waals surface area (Å²) in [4.78, 5) is 5.77. The van der Waals surface area contributed by atoms with E-state index in [1.54, 1.807) is 25.6 Å². The van der Waals surface area contributed by atoms with Crippen molar-refractivity contribution in [1.29, 1.82) is 0 Å². The molecule has 1 atom stereocenters. The molecule has 0 aliphatic rings. The van der Waals surface area contributed by atoms with Crippen molar-refractivity contribution in [3.63, 3.8) is 0 Å². The molecule has 0 radical (unpaired) electrons. The standard InChI is InChI=1S/C16H22N2O2S/c1-5-8-17-11(2)15-10-18-16(21-15)12-6-7-13(19-3)14(9-12)20-4/h6-7,9-11,17H,5,8H2,1-4H3. The van der Waals surface area contributed by atoms with Gasteiger partial charge in [0.2, 0.25) is 0 Å². The summed E-state index contributed by atoms with van der Waals surface area (Å²) in [5, 5.41) is 4.48. The summed E-state index contributed by atoms with van der Waals surface area (Å²) in [6.45, 7) is 5.35. The van der Waals surface area contributed by atoms with E-state index < -0.39 is 0 Å². The summed E-state index contributed by atoms with van der Waals surface area (Å²) in [7, 11) is 3.28. The fourth-order valence-electron chi connectivity index (χ4n) is 2.05. The summed E-state index contributed by atoms with van der Waals surface area (Å²) in [6.07, 6.45) is 3.08. The quantitative estimate of drug-likeness (QED) is 0.843. The van der Waals surface area contributed by atoms with Gasteiger partial charge in [-0.05, 0) is 38.1 Å². The van der Waals surface area contributed by atoms with Crippen molar-refractivity contribution in [2.24, 2.45) is 0 Å². The van der Waals surface area contributed by atoms with Crippen LogP contribution in [0.2, 0.25) is 0 Å². The molecule has 0 saturated carbocycles. The van der Waals surface area contributed by atoms with Crippen molar-refractivity contribution in [3.8, 4) is 22.1 Å². The van der Waals surface area contributed by atoms with Crippen LogP contribution in [0.25, 0.3) is 10.6 Å². The van der Waals surface area contributed by atoms with Crippen LogP contribution >= 0.6 is 11.3 Å². The average Bonchev–Trinajstić information content (AvgIpc) is 3.01. The third-order valence-corrected chi connectivity index (χ3v) is 4.51. The van der Waals surface area contributed by atoms with Crippen LogP contribution in [-0.2, 0) is 0 Å². The molecule has 5 heteroatoms. The van der Waals surface area contributed by atoms with E-state index in [4.69, 9.17) is 9.47 Å². The van der Waals surface area contributed by atoms with Crippen LogP contribution in [0.4, 0.5) is 0 Å². The van der Waals surface area contributed by atoms with Crippen LogP contribution in [0.5, 0.6) is 11.5 Å². The van der Waals surface area contributed by atoms with Gasteiger partial charge in [-0.15, -0.1) is 11.3 Å². The van der Waals surface area contributed by atoms with Gasteiger partial charge in [-0.2, -0.15) is 0 Å². The van der Waals surface area contributed by atoms with Gasteiger partial charge < -0.3 is 14.8 Å². The van der Waals surface area contributed by atoms with Gasteiger partial charge in [0.15, 0.2) is 11.5 Å². The van der Waals surface area contributed by atoms with Crippen molar-refractivity contribution in [1.82, 2.24) is 10.3 Å². The minimum atomic E-state index is 0.330. The third kappa shape index (κ3) is 3.74. The van der Waals surface area contributed by atoms with E-state index in [0.29, 0.717) is 6.04 Å². The monoisotopic (exact) mass is 306 g/mol. The summed E-state index contributed by atoms with van der Waals surface area (Å²) in [6, 6.07) is 6.21. The highest BCUT2D eigenvalue weighted by molar-refractivity contribution is 7.15. The zero-order valence-electron chi connectivity index (χ0n) is 13.0. The number of methoxy groups -OCH3 is 2. The molecule has 1 aromatic carbocycles. The molecule has 0 spiro atoms. The second kappa shape index (κ2) is 7.43. The van der Waals surface area contributed by atoms with Crippen molar-refractivity contribution >= 4 is 11.3 Å². The Morgan fingerprint density at radius 3 is 2.67 bits per heavy atom. The number of thiazole rings is 1. The molecule has 1 N–H and O–H groups in total. The Balaban J connectivity index is 2.21. The number of nitrogens with one attached hydrogen (secondary N) is 1. The van der Waals surface area contributed by atoms with Gasteiger partial charge in [0, 0.05) is 22.7 Å². The summed E-state index contributed by atoms with van der Waals surface area (Å²) >= 11 is 1.71. The lowest BCUT2D eigenvalue weighted by atomic mass is 10.2. The lowest BCUT2D eigenvalue weighted by Crippen LogP contribution is -2.18. The molecule has 0 saturated heterocycles. The Labute approximate surface area is 130 Å². The number of benzene rings is 1. The van der Waals surface area contributed by atoms with Gasteiger partial charge in [-0.1, -0.05) is 6.92 Å². The van der Waals surface area contributed by atoms with Gasteiger partial charge in [0.25, 0.3) is 0 Å². The number of hydrogen-bond donors (Lipinski definition) is 1. The maximum absolute atomic E-state index is 5.35. The van der Waals surface area contributed by atoms with E-state index in [2.05, 4.69) is 24.1 Å². The van der Waals surface area contributed by atoms with E-state index in [0.717, 1.165) is 35.0 Å². The van der Waals surface area contributed by atoms with Gasteiger partial charge in [-0.3, -0.25) is 0 Å². The molecular weight excluding hydrogens is 284 g/mol. The molecule has 0 bridgehead atoms. The molecular formula is C16H22N2O2S.